The summed E-state index contributed by atoms with van der Waals surface area (Å²) in [6.07, 6.45) is 0.291. The van der Waals surface area contributed by atoms with Crippen molar-refractivity contribution >= 4 is 40.9 Å². The molecular formula is C43H43N3O7S. The molecule has 3 unspecified atom stereocenters. The monoisotopic (exact) mass is 745 g/mol. The molecule has 1 heterocycles. The van der Waals surface area contributed by atoms with E-state index in [2.05, 4.69) is 10.6 Å². The molecule has 0 aliphatic carbocycles. The van der Waals surface area contributed by atoms with Crippen molar-refractivity contribution in [1.29, 1.82) is 0 Å². The van der Waals surface area contributed by atoms with Crippen LogP contribution in [0.5, 0.6) is 0 Å². The lowest BCUT2D eigenvalue weighted by molar-refractivity contribution is -0.245. The van der Waals surface area contributed by atoms with Gasteiger partial charge in [-0.25, -0.2) is 4.79 Å². The van der Waals surface area contributed by atoms with Gasteiger partial charge in [-0.05, 0) is 64.6 Å². The number of carbonyl (C=O) groups excluding carboxylic acids is 2. The Morgan fingerprint density at radius 1 is 0.759 bits per heavy atom. The highest BCUT2D eigenvalue weighted by Crippen LogP contribution is 2.40. The molecule has 5 aromatic rings. The average Bonchev–Trinajstić information content (AvgIpc) is 3.20. The van der Waals surface area contributed by atoms with E-state index in [1.165, 1.54) is 11.8 Å². The summed E-state index contributed by atoms with van der Waals surface area (Å²) in [5.74, 6) is -0.747. The smallest absolute Gasteiger partial charge is 0.336 e. The zero-order valence-corrected chi connectivity index (χ0v) is 30.5. The molecule has 10 nitrogen and oxygen atoms in total. The van der Waals surface area contributed by atoms with E-state index >= 15 is 0 Å². The van der Waals surface area contributed by atoms with E-state index in [0.29, 0.717) is 41.4 Å². The van der Waals surface area contributed by atoms with Crippen LogP contribution in [-0.4, -0.2) is 39.9 Å². The lowest BCUT2D eigenvalue weighted by atomic mass is 9.99. The first-order valence-electron chi connectivity index (χ1n) is 17.8. The summed E-state index contributed by atoms with van der Waals surface area (Å²) in [6, 6.07) is 37.7. The van der Waals surface area contributed by atoms with Crippen molar-refractivity contribution in [1.82, 2.24) is 5.32 Å². The molecule has 0 saturated carbocycles. The van der Waals surface area contributed by atoms with Crippen LogP contribution in [0.3, 0.4) is 0 Å². The number of aliphatic hydroxyl groups is 1. The third-order valence-corrected chi connectivity index (χ3v) is 10.3. The average molecular weight is 746 g/mol. The zero-order valence-electron chi connectivity index (χ0n) is 29.7. The van der Waals surface area contributed by atoms with Crippen LogP contribution < -0.4 is 16.4 Å². The van der Waals surface area contributed by atoms with Gasteiger partial charge >= 0.3 is 5.97 Å². The van der Waals surface area contributed by atoms with Crippen molar-refractivity contribution in [3.63, 3.8) is 0 Å². The molecule has 1 fully saturated rings. The summed E-state index contributed by atoms with van der Waals surface area (Å²) in [7, 11) is 0. The molecular weight excluding hydrogens is 703 g/mol. The molecule has 3 atom stereocenters. The van der Waals surface area contributed by atoms with E-state index in [4.69, 9.17) is 15.2 Å². The maximum Gasteiger partial charge on any atom is 0.336 e. The van der Waals surface area contributed by atoms with Crippen LogP contribution in [0.2, 0.25) is 0 Å². The first-order valence-corrected chi connectivity index (χ1v) is 18.8. The number of carbonyl (C=O) groups is 3. The van der Waals surface area contributed by atoms with Crippen LogP contribution >= 0.6 is 11.8 Å². The van der Waals surface area contributed by atoms with Crippen LogP contribution in [0.25, 0.3) is 11.1 Å². The largest absolute Gasteiger partial charge is 0.478 e. The fraction of sp³-hybridized carbons (Fsp3) is 0.233. The number of aliphatic hydroxyl groups excluding tert-OH is 1. The maximum atomic E-state index is 12.6. The number of anilines is 2. The van der Waals surface area contributed by atoms with Crippen LogP contribution in [0.15, 0.2) is 126 Å². The number of aromatic carboxylic acids is 1. The predicted molar refractivity (Wildman–Crippen MR) is 210 cm³/mol. The number of amides is 2. The number of nitrogens with two attached hydrogens (primary N) is 1. The van der Waals surface area contributed by atoms with E-state index < -0.39 is 12.3 Å². The zero-order chi connectivity index (χ0) is 37.9. The Morgan fingerprint density at radius 2 is 1.48 bits per heavy atom. The lowest BCUT2D eigenvalue weighted by Gasteiger charge is -2.36. The fourth-order valence-corrected chi connectivity index (χ4v) is 7.26. The number of benzene rings is 5. The number of hydrogen-bond donors (Lipinski definition) is 5. The Morgan fingerprint density at radius 3 is 2.24 bits per heavy atom. The molecule has 2 amide bonds. The van der Waals surface area contributed by atoms with E-state index in [1.54, 1.807) is 36.4 Å². The lowest BCUT2D eigenvalue weighted by Crippen LogP contribution is -2.31. The van der Waals surface area contributed by atoms with Gasteiger partial charge in [0.25, 0.3) is 0 Å². The van der Waals surface area contributed by atoms with Gasteiger partial charge in [0, 0.05) is 42.0 Å². The van der Waals surface area contributed by atoms with Crippen molar-refractivity contribution in [2.75, 3.05) is 16.8 Å². The van der Waals surface area contributed by atoms with Gasteiger partial charge in [0.1, 0.15) is 0 Å². The minimum absolute atomic E-state index is 0.0440. The van der Waals surface area contributed by atoms with Crippen molar-refractivity contribution < 1.29 is 34.1 Å². The van der Waals surface area contributed by atoms with Crippen molar-refractivity contribution in [3.05, 3.63) is 149 Å². The third kappa shape index (κ3) is 10.4. The molecule has 6 N–H and O–H groups in total. The summed E-state index contributed by atoms with van der Waals surface area (Å²) in [5.41, 5.74) is 12.8. The number of hydrogen-bond acceptors (Lipinski definition) is 8. The second-order valence-corrected chi connectivity index (χ2v) is 14.1. The van der Waals surface area contributed by atoms with E-state index in [9.17, 15) is 24.6 Å². The number of carboxylic acids is 1. The predicted octanol–water partition coefficient (Wildman–Crippen LogP) is 7.89. The molecule has 1 saturated heterocycles. The number of para-hydroxylation sites is 2. The SMILES string of the molecule is Nc1ccccc1NC(=O)CCCC(=O)NCc1cccc(-c2ccc(C3OC(CSc4ccccc4C(=O)O)CC(c4ccc(CO)cc4)O3)cc2)c1. The maximum absolute atomic E-state index is 12.6. The molecule has 5 aromatic carbocycles. The number of nitrogens with one attached hydrogen (secondary N) is 2. The third-order valence-electron chi connectivity index (χ3n) is 9.13. The fourth-order valence-electron chi connectivity index (χ4n) is 6.19. The molecule has 0 spiro atoms. The first kappa shape index (κ1) is 38.3. The van der Waals surface area contributed by atoms with Crippen molar-refractivity contribution in [3.8, 4) is 11.1 Å². The molecule has 6 rings (SSSR count). The van der Waals surface area contributed by atoms with Gasteiger partial charge in [0.15, 0.2) is 6.29 Å². The number of thioether (sulfide) groups is 1. The Balaban J connectivity index is 1.06. The summed E-state index contributed by atoms with van der Waals surface area (Å²) in [5, 5.41) is 24.9. The Labute approximate surface area is 318 Å². The molecule has 1 aliphatic heterocycles. The molecule has 0 radical (unpaired) electrons. The van der Waals surface area contributed by atoms with Crippen LogP contribution in [-0.2, 0) is 32.2 Å². The van der Waals surface area contributed by atoms with Gasteiger partial charge in [-0.1, -0.05) is 91.0 Å². The number of carboxylic acid groups (broad SMARTS) is 1. The van der Waals surface area contributed by atoms with Gasteiger partial charge in [-0.15, -0.1) is 11.8 Å². The summed E-state index contributed by atoms with van der Waals surface area (Å²) >= 11 is 1.45. The quantitative estimate of drug-likeness (QED) is 0.0531. The van der Waals surface area contributed by atoms with Gasteiger partial charge in [0.05, 0.1) is 35.8 Å². The van der Waals surface area contributed by atoms with Gasteiger partial charge in [-0.3, -0.25) is 9.59 Å². The standard InChI is InChI=1S/C43H43N3O7S/c44-36-10-2-3-11-37(36)46-41(49)14-6-13-40(48)45-25-29-7-5-8-33(23-29)30-19-21-32(22-20-30)43-52-34(27-54-39-12-4-1-9-35(39)42(50)51)24-38(53-43)31-17-15-28(26-47)16-18-31/h1-5,7-12,15-23,34,38,43,47H,6,13-14,24-27,44H2,(H,45,48)(H,46,49)(H,50,51). The normalized spacial score (nSPS) is 16.7. The Kier molecular flexibility index (Phi) is 13.1. The molecule has 1 aliphatic rings. The van der Waals surface area contributed by atoms with Gasteiger partial charge < -0.3 is 36.1 Å². The minimum atomic E-state index is -0.967. The molecule has 0 bridgehead atoms. The van der Waals surface area contributed by atoms with Gasteiger partial charge in [0.2, 0.25) is 11.8 Å². The van der Waals surface area contributed by atoms with Gasteiger partial charge in [-0.2, -0.15) is 0 Å². The molecule has 278 valence electrons. The summed E-state index contributed by atoms with van der Waals surface area (Å²) < 4.78 is 13.0. The highest BCUT2D eigenvalue weighted by Gasteiger charge is 2.32. The van der Waals surface area contributed by atoms with Crippen molar-refractivity contribution in [2.45, 2.75) is 62.2 Å². The Hall–Kier alpha value is -5.46. The molecule has 11 heteroatoms. The number of nitrogen functional groups attached to an aromatic ring is 1. The second-order valence-electron chi connectivity index (χ2n) is 13.1. The van der Waals surface area contributed by atoms with E-state index in [-0.39, 0.29) is 49.0 Å². The van der Waals surface area contributed by atoms with Crippen LogP contribution in [0, 0.1) is 0 Å². The number of ether oxygens (including phenoxy) is 2. The minimum Gasteiger partial charge on any atom is -0.478 e. The Bertz CT molecular complexity index is 2060. The highest BCUT2D eigenvalue weighted by molar-refractivity contribution is 7.99. The van der Waals surface area contributed by atoms with Crippen molar-refractivity contribution in [2.24, 2.45) is 0 Å². The second kappa shape index (κ2) is 18.5. The van der Waals surface area contributed by atoms with E-state index in [1.807, 2.05) is 84.9 Å². The topological polar surface area (TPSA) is 160 Å². The summed E-state index contributed by atoms with van der Waals surface area (Å²) in [6.45, 7) is 0.315. The number of rotatable bonds is 15. The van der Waals surface area contributed by atoms with Crippen LogP contribution in [0.4, 0.5) is 11.4 Å². The van der Waals surface area contributed by atoms with Crippen LogP contribution in [0.1, 0.15) is 70.7 Å². The van der Waals surface area contributed by atoms with E-state index in [0.717, 1.165) is 33.4 Å². The summed E-state index contributed by atoms with van der Waals surface area (Å²) in [4.78, 5) is 37.3. The molecule has 54 heavy (non-hydrogen) atoms. The highest BCUT2D eigenvalue weighted by atomic mass is 32.2. The molecule has 0 aromatic heterocycles. The first-order chi connectivity index (χ1) is 26.2.